The number of alkyl halides is 1. The van der Waals surface area contributed by atoms with Crippen molar-refractivity contribution in [2.45, 2.75) is 12.8 Å². The molecule has 0 aliphatic carbocycles. The molecule has 16 heavy (non-hydrogen) atoms. The highest BCUT2D eigenvalue weighted by atomic mass is 35.5. The number of anilines is 1. The Morgan fingerprint density at radius 2 is 2.06 bits per heavy atom. The Bertz CT molecular complexity index is 420. The number of nitrogens with two attached hydrogens (primary N) is 1. The standard InChI is InChI=1S/C11H12ClNO3/c12-3-1-2-9(14)7-4-10-11(5-8(7)13)16-6-15-10/h4-5H,1-3,6,13H2. The van der Waals surface area contributed by atoms with Crippen molar-refractivity contribution in [3.05, 3.63) is 17.7 Å². The van der Waals surface area contributed by atoms with E-state index in [0.717, 1.165) is 0 Å². The predicted molar refractivity (Wildman–Crippen MR) is 61.3 cm³/mol. The van der Waals surface area contributed by atoms with Crippen LogP contribution >= 0.6 is 11.6 Å². The number of nitrogen functional groups attached to an aromatic ring is 1. The number of hydrogen-bond acceptors (Lipinski definition) is 4. The lowest BCUT2D eigenvalue weighted by atomic mass is 10.0. The van der Waals surface area contributed by atoms with Crippen molar-refractivity contribution >= 4 is 23.1 Å². The van der Waals surface area contributed by atoms with E-state index in [1.165, 1.54) is 0 Å². The van der Waals surface area contributed by atoms with Crippen LogP contribution in [-0.2, 0) is 0 Å². The number of hydrogen-bond donors (Lipinski definition) is 1. The van der Waals surface area contributed by atoms with Gasteiger partial charge in [0, 0.05) is 29.6 Å². The Morgan fingerprint density at radius 3 is 2.75 bits per heavy atom. The molecule has 2 rings (SSSR count). The fourth-order valence-corrected chi connectivity index (χ4v) is 1.69. The highest BCUT2D eigenvalue weighted by molar-refractivity contribution is 6.18. The fourth-order valence-electron chi connectivity index (χ4n) is 1.56. The smallest absolute Gasteiger partial charge is 0.231 e. The summed E-state index contributed by atoms with van der Waals surface area (Å²) in [6.07, 6.45) is 1.04. The molecule has 0 fully saturated rings. The molecule has 0 atom stereocenters. The van der Waals surface area contributed by atoms with Gasteiger partial charge in [-0.3, -0.25) is 4.79 Å². The zero-order valence-electron chi connectivity index (χ0n) is 8.66. The van der Waals surface area contributed by atoms with Crippen LogP contribution in [0.2, 0.25) is 0 Å². The molecule has 1 aromatic carbocycles. The monoisotopic (exact) mass is 241 g/mol. The molecular weight excluding hydrogens is 230 g/mol. The summed E-state index contributed by atoms with van der Waals surface area (Å²) in [6, 6.07) is 3.25. The van der Waals surface area contributed by atoms with Gasteiger partial charge in [-0.15, -0.1) is 11.6 Å². The van der Waals surface area contributed by atoms with Crippen molar-refractivity contribution in [3.8, 4) is 11.5 Å². The van der Waals surface area contributed by atoms with Crippen LogP contribution in [0, 0.1) is 0 Å². The predicted octanol–water partition coefficient (Wildman–Crippen LogP) is 2.20. The number of Topliss-reactive ketones (excluding diaryl/α,β-unsaturated/α-hetero) is 1. The van der Waals surface area contributed by atoms with Gasteiger partial charge in [-0.05, 0) is 12.5 Å². The number of fused-ring (bicyclic) bond motifs is 1. The molecule has 5 heteroatoms. The van der Waals surface area contributed by atoms with E-state index in [9.17, 15) is 4.79 Å². The van der Waals surface area contributed by atoms with Gasteiger partial charge in [0.1, 0.15) is 0 Å². The van der Waals surface area contributed by atoms with E-state index in [1.54, 1.807) is 12.1 Å². The Morgan fingerprint density at radius 1 is 1.38 bits per heavy atom. The SMILES string of the molecule is Nc1cc2c(cc1C(=O)CCCCl)OCO2. The van der Waals surface area contributed by atoms with Crippen LogP contribution in [0.1, 0.15) is 23.2 Å². The number of ketones is 1. The zero-order chi connectivity index (χ0) is 11.5. The molecule has 1 aliphatic heterocycles. The number of ether oxygens (including phenoxy) is 2. The van der Waals surface area contributed by atoms with Gasteiger partial charge in [0.2, 0.25) is 6.79 Å². The number of halogens is 1. The lowest BCUT2D eigenvalue weighted by Crippen LogP contribution is -2.04. The molecule has 0 unspecified atom stereocenters. The van der Waals surface area contributed by atoms with Gasteiger partial charge in [-0.1, -0.05) is 0 Å². The van der Waals surface area contributed by atoms with E-state index in [1.807, 2.05) is 0 Å². The normalized spacial score (nSPS) is 12.8. The molecule has 1 aromatic rings. The number of carbonyl (C=O) groups excluding carboxylic acids is 1. The van der Waals surface area contributed by atoms with Crippen molar-refractivity contribution in [1.29, 1.82) is 0 Å². The van der Waals surface area contributed by atoms with Crippen molar-refractivity contribution in [1.82, 2.24) is 0 Å². The molecule has 0 bridgehead atoms. The average Bonchev–Trinajstić information content (AvgIpc) is 2.71. The minimum absolute atomic E-state index is 0.0172. The highest BCUT2D eigenvalue weighted by Crippen LogP contribution is 2.36. The largest absolute Gasteiger partial charge is 0.454 e. The second-order valence-electron chi connectivity index (χ2n) is 3.51. The summed E-state index contributed by atoms with van der Waals surface area (Å²) >= 11 is 5.54. The minimum Gasteiger partial charge on any atom is -0.454 e. The molecular formula is C11H12ClNO3. The molecule has 0 aromatic heterocycles. The Kier molecular flexibility index (Phi) is 3.19. The lowest BCUT2D eigenvalue weighted by molar-refractivity contribution is 0.0982. The van der Waals surface area contributed by atoms with E-state index in [2.05, 4.69) is 0 Å². The van der Waals surface area contributed by atoms with Crippen LogP contribution in [0.3, 0.4) is 0 Å². The van der Waals surface area contributed by atoms with Crippen LogP contribution < -0.4 is 15.2 Å². The molecule has 86 valence electrons. The van der Waals surface area contributed by atoms with Gasteiger partial charge in [-0.25, -0.2) is 0 Å². The molecule has 2 N–H and O–H groups in total. The lowest BCUT2D eigenvalue weighted by Gasteiger charge is -2.05. The van der Waals surface area contributed by atoms with E-state index >= 15 is 0 Å². The number of carbonyl (C=O) groups is 1. The summed E-state index contributed by atoms with van der Waals surface area (Å²) in [4.78, 5) is 11.8. The molecule has 0 spiro atoms. The third-order valence-corrected chi connectivity index (χ3v) is 2.65. The van der Waals surface area contributed by atoms with Gasteiger partial charge in [0.05, 0.1) is 0 Å². The first kappa shape index (κ1) is 11.1. The van der Waals surface area contributed by atoms with Crippen LogP contribution in [0.25, 0.3) is 0 Å². The van der Waals surface area contributed by atoms with Gasteiger partial charge in [-0.2, -0.15) is 0 Å². The van der Waals surface area contributed by atoms with Crippen LogP contribution in [0.15, 0.2) is 12.1 Å². The van der Waals surface area contributed by atoms with Crippen molar-refractivity contribution in [2.75, 3.05) is 18.4 Å². The summed E-state index contributed by atoms with van der Waals surface area (Å²) in [5, 5.41) is 0. The highest BCUT2D eigenvalue weighted by Gasteiger charge is 2.19. The molecule has 0 saturated heterocycles. The van der Waals surface area contributed by atoms with Gasteiger partial charge in [0.15, 0.2) is 17.3 Å². The van der Waals surface area contributed by atoms with Crippen molar-refractivity contribution in [2.24, 2.45) is 0 Å². The maximum Gasteiger partial charge on any atom is 0.231 e. The third-order valence-electron chi connectivity index (χ3n) is 2.38. The maximum absolute atomic E-state index is 11.8. The number of benzene rings is 1. The summed E-state index contributed by atoms with van der Waals surface area (Å²) in [6.45, 7) is 0.175. The fraction of sp³-hybridized carbons (Fsp3) is 0.364. The van der Waals surface area contributed by atoms with Crippen LogP contribution in [0.5, 0.6) is 11.5 Å². The molecule has 1 heterocycles. The molecule has 0 amide bonds. The third kappa shape index (κ3) is 2.07. The van der Waals surface area contributed by atoms with Crippen molar-refractivity contribution < 1.29 is 14.3 Å². The quantitative estimate of drug-likeness (QED) is 0.499. The van der Waals surface area contributed by atoms with E-state index in [4.69, 9.17) is 26.8 Å². The Labute approximate surface area is 98.3 Å². The van der Waals surface area contributed by atoms with Crippen LogP contribution in [-0.4, -0.2) is 18.5 Å². The topological polar surface area (TPSA) is 61.6 Å². The number of rotatable bonds is 4. The summed E-state index contributed by atoms with van der Waals surface area (Å²) in [7, 11) is 0. The molecule has 0 saturated carbocycles. The van der Waals surface area contributed by atoms with E-state index in [-0.39, 0.29) is 12.6 Å². The summed E-state index contributed by atoms with van der Waals surface area (Å²) in [5.41, 5.74) is 6.68. The summed E-state index contributed by atoms with van der Waals surface area (Å²) < 4.78 is 10.4. The molecule has 1 aliphatic rings. The van der Waals surface area contributed by atoms with Gasteiger partial charge >= 0.3 is 0 Å². The first-order valence-corrected chi connectivity index (χ1v) is 5.54. The van der Waals surface area contributed by atoms with E-state index in [0.29, 0.717) is 41.5 Å². The van der Waals surface area contributed by atoms with Gasteiger partial charge < -0.3 is 15.2 Å². The second-order valence-corrected chi connectivity index (χ2v) is 3.89. The maximum atomic E-state index is 11.8. The summed E-state index contributed by atoms with van der Waals surface area (Å²) in [5.74, 6) is 1.61. The van der Waals surface area contributed by atoms with Crippen molar-refractivity contribution in [3.63, 3.8) is 0 Å². The zero-order valence-corrected chi connectivity index (χ0v) is 9.42. The molecule has 4 nitrogen and oxygen atoms in total. The Hall–Kier alpha value is -1.42. The van der Waals surface area contributed by atoms with Gasteiger partial charge in [0.25, 0.3) is 0 Å². The second kappa shape index (κ2) is 4.61. The Balaban J connectivity index is 2.24. The molecule has 0 radical (unpaired) electrons. The average molecular weight is 242 g/mol. The first-order valence-electron chi connectivity index (χ1n) is 5.00. The van der Waals surface area contributed by atoms with E-state index < -0.39 is 0 Å². The van der Waals surface area contributed by atoms with Crippen LogP contribution in [0.4, 0.5) is 5.69 Å². The first-order chi connectivity index (χ1) is 7.72. The minimum atomic E-state index is -0.0172.